The van der Waals surface area contributed by atoms with Crippen molar-refractivity contribution in [1.82, 2.24) is 5.32 Å². The lowest BCUT2D eigenvalue weighted by Gasteiger charge is -2.09. The second kappa shape index (κ2) is 10.6. The third kappa shape index (κ3) is 6.48. The van der Waals surface area contributed by atoms with E-state index in [1.165, 1.54) is 31.5 Å². The summed E-state index contributed by atoms with van der Waals surface area (Å²) in [6.07, 6.45) is 2.06. The minimum absolute atomic E-state index is 0.128. The van der Waals surface area contributed by atoms with Crippen molar-refractivity contribution in [3.8, 4) is 11.8 Å². The summed E-state index contributed by atoms with van der Waals surface area (Å²) in [4.78, 5) is 22.3. The Morgan fingerprint density at radius 3 is 2.84 bits per heavy atom. The Hall–Kier alpha value is -3.12. The molecule has 0 spiro atoms. The van der Waals surface area contributed by atoms with Gasteiger partial charge in [0.05, 0.1) is 23.8 Å². The molecular formula is C16H20N4O5. The van der Waals surface area contributed by atoms with Crippen LogP contribution in [0.5, 0.6) is 5.75 Å². The van der Waals surface area contributed by atoms with Gasteiger partial charge in [-0.3, -0.25) is 14.9 Å². The zero-order valence-corrected chi connectivity index (χ0v) is 14.1. The van der Waals surface area contributed by atoms with Crippen molar-refractivity contribution in [2.24, 2.45) is 0 Å². The van der Waals surface area contributed by atoms with Crippen LogP contribution in [0.25, 0.3) is 0 Å². The highest BCUT2D eigenvalue weighted by Gasteiger charge is 2.15. The highest BCUT2D eigenvalue weighted by atomic mass is 16.6. The molecule has 0 heterocycles. The normalized spacial score (nSPS) is 10.7. The largest absolute Gasteiger partial charge is 0.494 e. The zero-order chi connectivity index (χ0) is 18.7. The number of nitrogens with zero attached hydrogens (tertiary/aromatic N) is 2. The van der Waals surface area contributed by atoms with Crippen LogP contribution < -0.4 is 15.4 Å². The first-order valence-corrected chi connectivity index (χ1v) is 7.58. The maximum absolute atomic E-state index is 12.1. The molecule has 1 amide bonds. The summed E-state index contributed by atoms with van der Waals surface area (Å²) in [7, 11) is 1.33. The Labute approximate surface area is 145 Å². The molecule has 25 heavy (non-hydrogen) atoms. The molecule has 0 radical (unpaired) electrons. The predicted molar refractivity (Wildman–Crippen MR) is 91.1 cm³/mol. The van der Waals surface area contributed by atoms with E-state index in [0.717, 1.165) is 6.42 Å². The molecule has 0 aliphatic rings. The number of rotatable bonds is 10. The number of nitro groups is 1. The summed E-state index contributed by atoms with van der Waals surface area (Å²) in [5.41, 5.74) is -0.0609. The monoisotopic (exact) mass is 348 g/mol. The Morgan fingerprint density at radius 2 is 2.24 bits per heavy atom. The number of anilines is 1. The average Bonchev–Trinajstić information content (AvgIpc) is 2.61. The maximum Gasteiger partial charge on any atom is 0.273 e. The van der Waals surface area contributed by atoms with Crippen LogP contribution in [0.3, 0.4) is 0 Å². The van der Waals surface area contributed by atoms with E-state index in [1.54, 1.807) is 6.07 Å². The molecule has 0 saturated carbocycles. The number of amides is 1. The molecule has 9 heteroatoms. The fraction of sp³-hybridized carbons (Fsp3) is 0.375. The van der Waals surface area contributed by atoms with Crippen molar-refractivity contribution in [2.75, 3.05) is 32.2 Å². The van der Waals surface area contributed by atoms with Gasteiger partial charge in [0, 0.05) is 32.0 Å². The summed E-state index contributed by atoms with van der Waals surface area (Å²) in [5.74, 6) is -0.517. The highest BCUT2D eigenvalue weighted by molar-refractivity contribution is 6.07. The smallest absolute Gasteiger partial charge is 0.273 e. The van der Waals surface area contributed by atoms with Gasteiger partial charge in [0.2, 0.25) is 0 Å². The number of hydrogen-bond donors (Lipinski definition) is 2. The lowest BCUT2D eigenvalue weighted by molar-refractivity contribution is -0.384. The number of ether oxygens (including phenoxy) is 2. The van der Waals surface area contributed by atoms with E-state index in [0.29, 0.717) is 19.8 Å². The molecule has 1 aromatic rings. The number of nitriles is 1. The van der Waals surface area contributed by atoms with Crippen LogP contribution in [0, 0.1) is 21.4 Å². The van der Waals surface area contributed by atoms with Gasteiger partial charge >= 0.3 is 0 Å². The first-order chi connectivity index (χ1) is 12.0. The number of hydrogen-bond acceptors (Lipinski definition) is 7. The van der Waals surface area contributed by atoms with Crippen LogP contribution in [0.1, 0.15) is 13.3 Å². The first kappa shape index (κ1) is 19.9. The first-order valence-electron chi connectivity index (χ1n) is 7.58. The van der Waals surface area contributed by atoms with Crippen molar-refractivity contribution in [1.29, 1.82) is 5.26 Å². The quantitative estimate of drug-likeness (QED) is 0.217. The van der Waals surface area contributed by atoms with Gasteiger partial charge in [-0.05, 0) is 19.4 Å². The highest BCUT2D eigenvalue weighted by Crippen LogP contribution is 2.29. The second-order valence-corrected chi connectivity index (χ2v) is 4.77. The molecule has 0 aliphatic heterocycles. The molecule has 2 N–H and O–H groups in total. The lowest BCUT2D eigenvalue weighted by atomic mass is 10.2. The summed E-state index contributed by atoms with van der Waals surface area (Å²) in [6.45, 7) is 3.68. The number of methoxy groups -OCH3 is 1. The molecule has 9 nitrogen and oxygen atoms in total. The SMILES string of the molecule is CCOCCCN/C=C(/C#N)C(=O)Nc1ccc([N+](=O)[O-])cc1OC. The van der Waals surface area contributed by atoms with Gasteiger partial charge in [0.25, 0.3) is 11.6 Å². The van der Waals surface area contributed by atoms with Crippen molar-refractivity contribution in [3.05, 3.63) is 40.1 Å². The van der Waals surface area contributed by atoms with Crippen molar-refractivity contribution in [2.45, 2.75) is 13.3 Å². The molecular weight excluding hydrogens is 328 g/mol. The molecule has 1 rings (SSSR count). The predicted octanol–water partition coefficient (Wildman–Crippen LogP) is 1.97. The van der Waals surface area contributed by atoms with E-state index in [2.05, 4.69) is 10.6 Å². The van der Waals surface area contributed by atoms with Crippen LogP contribution in [0.2, 0.25) is 0 Å². The topological polar surface area (TPSA) is 127 Å². The molecule has 0 unspecified atom stereocenters. The average molecular weight is 348 g/mol. The molecule has 0 atom stereocenters. The second-order valence-electron chi connectivity index (χ2n) is 4.77. The van der Waals surface area contributed by atoms with Crippen LogP contribution in [-0.2, 0) is 9.53 Å². The maximum atomic E-state index is 12.1. The van der Waals surface area contributed by atoms with E-state index >= 15 is 0 Å². The van der Waals surface area contributed by atoms with Gasteiger partial charge in [0.1, 0.15) is 17.4 Å². The number of carbonyl (C=O) groups is 1. The van der Waals surface area contributed by atoms with Gasteiger partial charge in [-0.15, -0.1) is 0 Å². The van der Waals surface area contributed by atoms with E-state index in [4.69, 9.17) is 14.7 Å². The summed E-state index contributed by atoms with van der Waals surface area (Å²) in [5, 5.41) is 25.2. The van der Waals surface area contributed by atoms with Gasteiger partial charge in [-0.25, -0.2) is 0 Å². The van der Waals surface area contributed by atoms with Crippen LogP contribution in [-0.4, -0.2) is 37.7 Å². The zero-order valence-electron chi connectivity index (χ0n) is 14.1. The third-order valence-electron chi connectivity index (χ3n) is 3.07. The molecule has 0 bridgehead atoms. The van der Waals surface area contributed by atoms with E-state index < -0.39 is 10.8 Å². The molecule has 0 fully saturated rings. The van der Waals surface area contributed by atoms with E-state index in [1.807, 2.05) is 6.92 Å². The Morgan fingerprint density at radius 1 is 1.48 bits per heavy atom. The van der Waals surface area contributed by atoms with Crippen molar-refractivity contribution >= 4 is 17.3 Å². The molecule has 1 aromatic carbocycles. The Bertz CT molecular complexity index is 682. The molecule has 0 aromatic heterocycles. The number of nitro benzene ring substituents is 1. The Kier molecular flexibility index (Phi) is 8.46. The van der Waals surface area contributed by atoms with Gasteiger partial charge in [0.15, 0.2) is 0 Å². The molecule has 0 saturated heterocycles. The number of nitrogens with one attached hydrogen (secondary N) is 2. The van der Waals surface area contributed by atoms with Gasteiger partial charge in [-0.2, -0.15) is 5.26 Å². The van der Waals surface area contributed by atoms with Crippen LogP contribution >= 0.6 is 0 Å². The Balaban J connectivity index is 2.72. The van der Waals surface area contributed by atoms with Crippen molar-refractivity contribution < 1.29 is 19.2 Å². The summed E-state index contributed by atoms with van der Waals surface area (Å²) < 4.78 is 10.2. The number of benzene rings is 1. The van der Waals surface area contributed by atoms with Crippen molar-refractivity contribution in [3.63, 3.8) is 0 Å². The van der Waals surface area contributed by atoms with E-state index in [9.17, 15) is 14.9 Å². The van der Waals surface area contributed by atoms with Gasteiger partial charge < -0.3 is 20.1 Å². The summed E-state index contributed by atoms with van der Waals surface area (Å²) in [6, 6.07) is 5.57. The molecule has 134 valence electrons. The molecule has 0 aliphatic carbocycles. The number of carbonyl (C=O) groups excluding carboxylic acids is 1. The van der Waals surface area contributed by atoms with Crippen LogP contribution in [0.15, 0.2) is 30.0 Å². The lowest BCUT2D eigenvalue weighted by Crippen LogP contribution is -2.18. The minimum Gasteiger partial charge on any atom is -0.494 e. The van der Waals surface area contributed by atoms with E-state index in [-0.39, 0.29) is 22.7 Å². The van der Waals surface area contributed by atoms with Crippen LogP contribution in [0.4, 0.5) is 11.4 Å². The standard InChI is InChI=1S/C16H20N4O5/c1-3-25-8-4-7-18-11-12(10-17)16(21)19-14-6-5-13(20(22)23)9-15(14)24-2/h5-6,9,11,18H,3-4,7-8H2,1-2H3,(H,19,21)/b12-11-. The number of non-ortho nitro benzene ring substituents is 1. The third-order valence-corrected chi connectivity index (χ3v) is 3.07. The fourth-order valence-corrected chi connectivity index (χ4v) is 1.83. The van der Waals surface area contributed by atoms with Gasteiger partial charge in [-0.1, -0.05) is 0 Å². The summed E-state index contributed by atoms with van der Waals surface area (Å²) >= 11 is 0. The fourth-order valence-electron chi connectivity index (χ4n) is 1.83. The minimum atomic E-state index is -0.646.